The molecule has 0 unspecified atom stereocenters. The van der Waals surface area contributed by atoms with Crippen LogP contribution in [0, 0.1) is 5.82 Å². The van der Waals surface area contributed by atoms with Gasteiger partial charge in [-0.05, 0) is 36.2 Å². The van der Waals surface area contributed by atoms with Crippen LogP contribution in [0.3, 0.4) is 0 Å². The number of benzene rings is 3. The van der Waals surface area contributed by atoms with E-state index in [0.29, 0.717) is 23.1 Å². The van der Waals surface area contributed by atoms with Crippen molar-refractivity contribution in [2.75, 3.05) is 5.32 Å². The van der Waals surface area contributed by atoms with Gasteiger partial charge in [0.1, 0.15) is 11.7 Å². The Labute approximate surface area is 200 Å². The predicted octanol–water partition coefficient (Wildman–Crippen LogP) is 5.31. The van der Waals surface area contributed by atoms with Crippen LogP contribution >= 0.6 is 11.8 Å². The van der Waals surface area contributed by atoms with Crippen molar-refractivity contribution in [3.8, 4) is 0 Å². The fourth-order valence-electron chi connectivity index (χ4n) is 3.91. The molecule has 0 saturated heterocycles. The van der Waals surface area contributed by atoms with Gasteiger partial charge in [-0.15, -0.1) is 0 Å². The largest absolute Gasteiger partial charge is 0.323 e. The Bertz CT molecular complexity index is 1330. The van der Waals surface area contributed by atoms with Crippen molar-refractivity contribution >= 4 is 46.0 Å². The van der Waals surface area contributed by atoms with E-state index in [-0.39, 0.29) is 17.5 Å². The van der Waals surface area contributed by atoms with Crippen molar-refractivity contribution in [1.29, 1.82) is 0 Å². The Balaban J connectivity index is 1.47. The van der Waals surface area contributed by atoms with Crippen LogP contribution in [0.4, 0.5) is 15.8 Å². The van der Waals surface area contributed by atoms with E-state index in [9.17, 15) is 14.0 Å². The van der Waals surface area contributed by atoms with Crippen LogP contribution in [0.1, 0.15) is 30.5 Å². The minimum Gasteiger partial charge on any atom is -0.323 e. The molecule has 0 radical (unpaired) electrons. The second-order valence-corrected chi connectivity index (χ2v) is 9.00. The molecule has 0 fully saturated rings. The highest BCUT2D eigenvalue weighted by Crippen LogP contribution is 2.38. The van der Waals surface area contributed by atoms with Gasteiger partial charge in [0.05, 0.1) is 16.6 Å². The highest BCUT2D eigenvalue weighted by Gasteiger charge is 2.43. The van der Waals surface area contributed by atoms with Gasteiger partial charge in [0.2, 0.25) is 5.91 Å². The maximum atomic E-state index is 14.1. The summed E-state index contributed by atoms with van der Waals surface area (Å²) in [7, 11) is 0. The number of nitrogens with one attached hydrogen (secondary N) is 1. The second kappa shape index (κ2) is 9.23. The van der Waals surface area contributed by atoms with Gasteiger partial charge >= 0.3 is 0 Å². The SMILES string of the molecule is CC[C@H](SC1=Nc2ccccc2C2=N[C@@H](c3ccccc3)C(=O)N12)C(=O)Nc1ccccc1F. The first-order valence-corrected chi connectivity index (χ1v) is 11.8. The Morgan fingerprint density at radius 1 is 1.06 bits per heavy atom. The van der Waals surface area contributed by atoms with Crippen molar-refractivity contribution < 1.29 is 14.0 Å². The third kappa shape index (κ3) is 4.01. The van der Waals surface area contributed by atoms with E-state index >= 15 is 0 Å². The number of amides is 2. The molecular formula is C26H21FN4O2S. The molecular weight excluding hydrogens is 451 g/mol. The second-order valence-electron chi connectivity index (χ2n) is 7.83. The number of nitrogens with zero attached hydrogens (tertiary/aromatic N) is 3. The Morgan fingerprint density at radius 2 is 1.76 bits per heavy atom. The Kier molecular flexibility index (Phi) is 5.98. The van der Waals surface area contributed by atoms with Crippen molar-refractivity contribution in [3.63, 3.8) is 0 Å². The summed E-state index contributed by atoms with van der Waals surface area (Å²) in [6.07, 6.45) is 0.461. The standard InChI is InChI=1S/C26H21FN4O2S/c1-2-21(24(32)28-20-15-9-7-13-18(20)27)34-26-29-19-14-8-6-12-17(19)23-30-22(25(33)31(23)26)16-10-4-3-5-11-16/h3-15,21-22H,2H2,1H3,(H,28,32)/t21-,22-/m0/s1. The number of para-hydroxylation sites is 2. The number of rotatable bonds is 5. The lowest BCUT2D eigenvalue weighted by molar-refractivity contribution is -0.124. The van der Waals surface area contributed by atoms with Crippen LogP contribution in [0.25, 0.3) is 0 Å². The summed E-state index contributed by atoms with van der Waals surface area (Å²) in [5.74, 6) is -0.555. The van der Waals surface area contributed by atoms with Gasteiger partial charge in [0.15, 0.2) is 11.2 Å². The summed E-state index contributed by atoms with van der Waals surface area (Å²) >= 11 is 1.18. The van der Waals surface area contributed by atoms with Gasteiger partial charge in [-0.3, -0.25) is 9.59 Å². The van der Waals surface area contributed by atoms with E-state index in [1.165, 1.54) is 28.8 Å². The lowest BCUT2D eigenvalue weighted by Gasteiger charge is -2.27. The lowest BCUT2D eigenvalue weighted by atomic mass is 10.1. The van der Waals surface area contributed by atoms with Crippen LogP contribution in [-0.4, -0.2) is 33.0 Å². The molecule has 0 aliphatic carbocycles. The highest BCUT2D eigenvalue weighted by atomic mass is 32.2. The molecule has 8 heteroatoms. The quantitative estimate of drug-likeness (QED) is 0.547. The van der Waals surface area contributed by atoms with Crippen molar-refractivity contribution in [2.24, 2.45) is 9.98 Å². The first kappa shape index (κ1) is 22.0. The molecule has 2 atom stereocenters. The van der Waals surface area contributed by atoms with Crippen LogP contribution < -0.4 is 5.32 Å². The summed E-state index contributed by atoms with van der Waals surface area (Å²) in [5, 5.41) is 2.45. The lowest BCUT2D eigenvalue weighted by Crippen LogP contribution is -2.41. The maximum Gasteiger partial charge on any atom is 0.263 e. The Morgan fingerprint density at radius 3 is 2.53 bits per heavy atom. The van der Waals surface area contributed by atoms with E-state index < -0.39 is 17.1 Å². The van der Waals surface area contributed by atoms with Gasteiger partial charge in [-0.25, -0.2) is 19.3 Å². The molecule has 2 aliphatic heterocycles. The van der Waals surface area contributed by atoms with Gasteiger partial charge in [0, 0.05) is 5.56 Å². The fourth-order valence-corrected chi connectivity index (χ4v) is 4.93. The Hall–Kier alpha value is -3.78. The van der Waals surface area contributed by atoms with E-state index in [2.05, 4.69) is 5.32 Å². The number of aliphatic imine (C=N–C) groups is 2. The molecule has 170 valence electrons. The number of carbonyl (C=O) groups excluding carboxylic acids is 2. The van der Waals surface area contributed by atoms with Gasteiger partial charge in [-0.2, -0.15) is 0 Å². The number of fused-ring (bicyclic) bond motifs is 3. The van der Waals surface area contributed by atoms with Crippen LogP contribution in [0.5, 0.6) is 0 Å². The average molecular weight is 473 g/mol. The monoisotopic (exact) mass is 472 g/mol. The van der Waals surface area contributed by atoms with E-state index in [1.807, 2.05) is 61.5 Å². The molecule has 5 rings (SSSR count). The molecule has 1 N–H and O–H groups in total. The molecule has 3 aromatic carbocycles. The predicted molar refractivity (Wildman–Crippen MR) is 133 cm³/mol. The molecule has 34 heavy (non-hydrogen) atoms. The number of amidine groups is 2. The molecule has 0 bridgehead atoms. The molecule has 0 spiro atoms. The average Bonchev–Trinajstić information content (AvgIpc) is 3.22. The molecule has 2 aliphatic rings. The third-order valence-electron chi connectivity index (χ3n) is 5.63. The van der Waals surface area contributed by atoms with Crippen molar-refractivity contribution in [1.82, 2.24) is 4.90 Å². The molecule has 0 saturated carbocycles. The molecule has 2 heterocycles. The van der Waals surface area contributed by atoms with Gasteiger partial charge in [-0.1, -0.05) is 73.3 Å². The first-order chi connectivity index (χ1) is 16.6. The van der Waals surface area contributed by atoms with Crippen molar-refractivity contribution in [2.45, 2.75) is 24.6 Å². The fraction of sp³-hybridized carbons (Fsp3) is 0.154. The van der Waals surface area contributed by atoms with Crippen LogP contribution in [0.15, 0.2) is 88.8 Å². The number of hydrogen-bond donors (Lipinski definition) is 1. The number of anilines is 1. The van der Waals surface area contributed by atoms with E-state index in [0.717, 1.165) is 11.1 Å². The number of thioether (sulfide) groups is 1. The highest BCUT2D eigenvalue weighted by molar-refractivity contribution is 8.15. The van der Waals surface area contributed by atoms with Gasteiger partial charge in [0.25, 0.3) is 5.91 Å². The van der Waals surface area contributed by atoms with Crippen molar-refractivity contribution in [3.05, 3.63) is 95.8 Å². The zero-order chi connectivity index (χ0) is 23.7. The molecule has 0 aromatic heterocycles. The summed E-state index contributed by atoms with van der Waals surface area (Å²) < 4.78 is 14.1. The number of halogens is 1. The van der Waals surface area contributed by atoms with Gasteiger partial charge < -0.3 is 5.32 Å². The topological polar surface area (TPSA) is 74.1 Å². The molecule has 3 aromatic rings. The van der Waals surface area contributed by atoms with Crippen LogP contribution in [0.2, 0.25) is 0 Å². The minimum absolute atomic E-state index is 0.117. The normalized spacial score (nSPS) is 17.4. The minimum atomic E-state index is -0.680. The zero-order valence-corrected chi connectivity index (χ0v) is 19.1. The zero-order valence-electron chi connectivity index (χ0n) is 18.3. The third-order valence-corrected chi connectivity index (χ3v) is 6.94. The molecule has 2 amide bonds. The summed E-state index contributed by atoms with van der Waals surface area (Å²) in [4.78, 5) is 37.5. The van der Waals surface area contributed by atoms with E-state index in [4.69, 9.17) is 9.98 Å². The maximum absolute atomic E-state index is 14.1. The number of hydrogen-bond acceptors (Lipinski definition) is 5. The first-order valence-electron chi connectivity index (χ1n) is 10.9. The molecule has 6 nitrogen and oxygen atoms in total. The summed E-state index contributed by atoms with van der Waals surface area (Å²) in [6.45, 7) is 1.86. The summed E-state index contributed by atoms with van der Waals surface area (Å²) in [5.41, 5.74) is 2.36. The number of carbonyl (C=O) groups is 2. The summed E-state index contributed by atoms with van der Waals surface area (Å²) in [6, 6.07) is 22.2. The smallest absolute Gasteiger partial charge is 0.263 e. The van der Waals surface area contributed by atoms with E-state index in [1.54, 1.807) is 12.1 Å². The van der Waals surface area contributed by atoms with Crippen LogP contribution in [-0.2, 0) is 9.59 Å².